The van der Waals surface area contributed by atoms with Crippen molar-refractivity contribution in [1.82, 2.24) is 5.32 Å². The third kappa shape index (κ3) is 12.5. The van der Waals surface area contributed by atoms with E-state index in [2.05, 4.69) is 11.1 Å². The van der Waals surface area contributed by atoms with Crippen LogP contribution in [-0.2, 0) is 20.7 Å². The number of esters is 1. The molecule has 1 aliphatic carbocycles. The molecule has 1 saturated carbocycles. The lowest BCUT2D eigenvalue weighted by Gasteiger charge is -2.21. The number of aliphatic hydroxyl groups excluding tert-OH is 2. The Kier molecular flexibility index (Phi) is 15.7. The largest absolute Gasteiger partial charge is 0.457 e. The fourth-order valence-corrected chi connectivity index (χ4v) is 5.04. The van der Waals surface area contributed by atoms with Gasteiger partial charge in [0.05, 0.1) is 18.8 Å². The number of aliphatic hydroxyl groups is 2. The third-order valence-electron chi connectivity index (χ3n) is 7.33. The number of unbranched alkanes of at least 4 members (excludes halogenated alkanes) is 2. The van der Waals surface area contributed by atoms with Gasteiger partial charge in [-0.1, -0.05) is 48.6 Å². The highest BCUT2D eigenvalue weighted by molar-refractivity contribution is 5.76. The van der Waals surface area contributed by atoms with Crippen LogP contribution in [0.25, 0.3) is 0 Å². The minimum atomic E-state index is -0.672. The van der Waals surface area contributed by atoms with E-state index in [1.807, 2.05) is 61.6 Å². The number of hydrogen-bond acceptors (Lipinski definition) is 6. The van der Waals surface area contributed by atoms with E-state index in [0.29, 0.717) is 38.6 Å². The summed E-state index contributed by atoms with van der Waals surface area (Å²) in [5.41, 5.74) is 11.1. The molecule has 0 bridgehead atoms. The van der Waals surface area contributed by atoms with Crippen LogP contribution in [0.3, 0.4) is 0 Å². The van der Waals surface area contributed by atoms with Gasteiger partial charge >= 0.3 is 5.97 Å². The lowest BCUT2D eigenvalue weighted by Crippen LogP contribution is -2.50. The summed E-state index contributed by atoms with van der Waals surface area (Å²) in [6.07, 6.45) is 12.7. The molecule has 2 rings (SSSR count). The number of rotatable bonds is 18. The van der Waals surface area contributed by atoms with Crippen LogP contribution < -0.4 is 16.8 Å². The highest BCUT2D eigenvalue weighted by Crippen LogP contribution is 2.36. The van der Waals surface area contributed by atoms with Crippen molar-refractivity contribution < 1.29 is 30.3 Å². The zero-order valence-corrected chi connectivity index (χ0v) is 23.5. The van der Waals surface area contributed by atoms with Gasteiger partial charge in [0.2, 0.25) is 5.91 Å². The molecule has 6 unspecified atom stereocenters. The Morgan fingerprint density at radius 2 is 1.90 bits per heavy atom. The number of amides is 1. The van der Waals surface area contributed by atoms with Gasteiger partial charge in [0.25, 0.3) is 0 Å². The molecule has 218 valence electrons. The van der Waals surface area contributed by atoms with E-state index in [-0.39, 0.29) is 17.7 Å². The van der Waals surface area contributed by atoms with E-state index in [4.69, 9.17) is 10.5 Å². The van der Waals surface area contributed by atoms with E-state index in [1.54, 1.807) is 0 Å². The number of aryl methyl sites for hydroxylation is 1. The van der Waals surface area contributed by atoms with Gasteiger partial charge in [0, 0.05) is 25.3 Å². The molecular weight excluding hydrogens is 494 g/mol. The van der Waals surface area contributed by atoms with Gasteiger partial charge < -0.3 is 31.7 Å². The summed E-state index contributed by atoms with van der Waals surface area (Å²) < 4.78 is 5.83. The van der Waals surface area contributed by atoms with Crippen LogP contribution in [0.15, 0.2) is 54.6 Å². The fraction of sp³-hybridized carbons (Fsp3) is 0.613. The molecule has 0 spiro atoms. The summed E-state index contributed by atoms with van der Waals surface area (Å²) in [5, 5.41) is 24.1. The van der Waals surface area contributed by atoms with Crippen LogP contribution in [0.1, 0.15) is 70.3 Å². The maximum Gasteiger partial charge on any atom is 0.323 e. The fourth-order valence-electron chi connectivity index (χ4n) is 5.04. The maximum atomic E-state index is 12.7. The zero-order chi connectivity index (χ0) is 28.5. The van der Waals surface area contributed by atoms with E-state index in [1.165, 1.54) is 0 Å². The highest BCUT2D eigenvalue weighted by Gasteiger charge is 2.39. The molecule has 1 aromatic rings. The van der Waals surface area contributed by atoms with Gasteiger partial charge in [-0.3, -0.25) is 9.59 Å². The number of hydrogen-bond donors (Lipinski definition) is 5. The van der Waals surface area contributed by atoms with Crippen molar-refractivity contribution in [2.75, 3.05) is 13.1 Å². The Morgan fingerprint density at radius 3 is 2.62 bits per heavy atom. The number of benzene rings is 1. The molecule has 8 heteroatoms. The van der Waals surface area contributed by atoms with Crippen molar-refractivity contribution in [2.24, 2.45) is 17.6 Å². The summed E-state index contributed by atoms with van der Waals surface area (Å²) in [7, 11) is 0. The summed E-state index contributed by atoms with van der Waals surface area (Å²) in [6.45, 7) is 3.36. The normalized spacial score (nSPS) is 22.8. The van der Waals surface area contributed by atoms with E-state index >= 15 is 0 Å². The quantitative estimate of drug-likeness (QED) is 0.109. The second kappa shape index (κ2) is 18.7. The number of quaternary nitrogens is 1. The molecule has 0 saturated heterocycles. The summed E-state index contributed by atoms with van der Waals surface area (Å²) >= 11 is 0. The molecule has 8 N–H and O–H groups in total. The molecule has 1 fully saturated rings. The molecule has 0 aliphatic heterocycles. The first-order valence-corrected chi connectivity index (χ1v) is 14.6. The van der Waals surface area contributed by atoms with Crippen molar-refractivity contribution in [3.63, 3.8) is 0 Å². The van der Waals surface area contributed by atoms with Crippen LogP contribution >= 0.6 is 0 Å². The second-order valence-electron chi connectivity index (χ2n) is 10.5. The summed E-state index contributed by atoms with van der Waals surface area (Å²) in [4.78, 5) is 24.3. The molecule has 8 nitrogen and oxygen atoms in total. The monoisotopic (exact) mass is 544 g/mol. The lowest BCUT2D eigenvalue weighted by molar-refractivity contribution is -0.368. The molecule has 0 aromatic heterocycles. The third-order valence-corrected chi connectivity index (χ3v) is 7.33. The molecule has 6 atom stereocenters. The molecule has 0 radical (unpaired) electrons. The maximum absolute atomic E-state index is 12.7. The van der Waals surface area contributed by atoms with Gasteiger partial charge in [-0.2, -0.15) is 0 Å². The number of ether oxygens (including phenoxy) is 1. The van der Waals surface area contributed by atoms with Crippen molar-refractivity contribution in [2.45, 2.75) is 95.5 Å². The summed E-state index contributed by atoms with van der Waals surface area (Å²) in [6, 6.07) is 9.36. The number of allylic oxidation sites excluding steroid dienone is 2. The number of nitrogens with two attached hydrogens (primary N) is 1. The van der Waals surface area contributed by atoms with Crippen LogP contribution in [0.2, 0.25) is 0 Å². The molecule has 39 heavy (non-hydrogen) atoms. The average molecular weight is 545 g/mol. The first kappa shape index (κ1) is 32.7. The van der Waals surface area contributed by atoms with E-state index < -0.39 is 30.3 Å². The standard InChI is InChI=1S/C31H49N3O5/c1-2-34-30(37)16-9-4-3-8-14-25-26(29(36)22-28(25)35)20-19-24(18-17-23-12-6-5-7-13-23)39-31(38)27(33)15-10-11-21-32/h3,5-8,12-13,19-20,24-29,35-36H,2,4,9-11,14-18,21-22,32-33H2,1H3,(H,34,37)/p+1/b8-3-,20-19+. The van der Waals surface area contributed by atoms with Crippen molar-refractivity contribution in [3.8, 4) is 0 Å². The van der Waals surface area contributed by atoms with Gasteiger partial charge in [-0.05, 0) is 75.8 Å². The van der Waals surface area contributed by atoms with Crippen molar-refractivity contribution in [3.05, 3.63) is 60.2 Å². The SMILES string of the molecule is CCNC(=O)CCC/C=C\CC1C(O)CC(O)C1/C=C/C(CCc1ccccc1)OC(=O)C(N)CCCC[NH3+]. The van der Waals surface area contributed by atoms with Gasteiger partial charge in [0.1, 0.15) is 12.1 Å². The predicted molar refractivity (Wildman–Crippen MR) is 153 cm³/mol. The Morgan fingerprint density at radius 1 is 1.13 bits per heavy atom. The Balaban J connectivity index is 2.00. The smallest absolute Gasteiger partial charge is 0.323 e. The van der Waals surface area contributed by atoms with E-state index in [0.717, 1.165) is 44.2 Å². The number of nitrogens with one attached hydrogen (secondary N) is 1. The second-order valence-corrected chi connectivity index (χ2v) is 10.5. The molecular formula is C31H50N3O5+. The topological polar surface area (TPSA) is 150 Å². The highest BCUT2D eigenvalue weighted by atomic mass is 16.5. The first-order valence-electron chi connectivity index (χ1n) is 14.6. The molecule has 1 amide bonds. The van der Waals surface area contributed by atoms with Crippen LogP contribution in [-0.4, -0.2) is 59.5 Å². The van der Waals surface area contributed by atoms with Crippen LogP contribution in [0.5, 0.6) is 0 Å². The van der Waals surface area contributed by atoms with Gasteiger partial charge in [-0.25, -0.2) is 0 Å². The first-order chi connectivity index (χ1) is 18.8. The Hall–Kier alpha value is -2.52. The minimum Gasteiger partial charge on any atom is -0.457 e. The Bertz CT molecular complexity index is 891. The molecule has 1 aromatic carbocycles. The number of carbonyl (C=O) groups is 2. The van der Waals surface area contributed by atoms with Crippen LogP contribution in [0, 0.1) is 11.8 Å². The molecule has 0 heterocycles. The van der Waals surface area contributed by atoms with E-state index in [9.17, 15) is 19.8 Å². The zero-order valence-electron chi connectivity index (χ0n) is 23.5. The number of carbonyl (C=O) groups excluding carboxylic acids is 2. The van der Waals surface area contributed by atoms with Gasteiger partial charge in [0.15, 0.2) is 0 Å². The van der Waals surface area contributed by atoms with Gasteiger partial charge in [-0.15, -0.1) is 0 Å². The van der Waals surface area contributed by atoms with Crippen molar-refractivity contribution >= 4 is 11.9 Å². The molecule has 1 aliphatic rings. The lowest BCUT2D eigenvalue weighted by atomic mass is 9.89. The predicted octanol–water partition coefficient (Wildman–Crippen LogP) is 2.44. The van der Waals surface area contributed by atoms with Crippen molar-refractivity contribution in [1.29, 1.82) is 0 Å². The summed E-state index contributed by atoms with van der Waals surface area (Å²) in [5.74, 6) is -0.733. The minimum absolute atomic E-state index is 0.0622. The Labute approximate surface area is 233 Å². The average Bonchev–Trinajstić information content (AvgIpc) is 3.19. The van der Waals surface area contributed by atoms with Crippen LogP contribution in [0.4, 0.5) is 0 Å².